The van der Waals surface area contributed by atoms with Crippen LogP contribution < -0.4 is 0 Å². The SMILES string of the molecule is CCC(C)OC(=O)C12CCC(CC1C=O)C2. The molecule has 2 rings (SSSR count). The van der Waals surface area contributed by atoms with E-state index in [0.29, 0.717) is 5.92 Å². The number of aldehydes is 1. The van der Waals surface area contributed by atoms with Gasteiger partial charge in [-0.15, -0.1) is 0 Å². The summed E-state index contributed by atoms with van der Waals surface area (Å²) in [6.07, 6.45) is 5.45. The molecule has 0 aromatic carbocycles. The van der Waals surface area contributed by atoms with Crippen molar-refractivity contribution < 1.29 is 14.3 Å². The second kappa shape index (κ2) is 4.19. The van der Waals surface area contributed by atoms with E-state index in [0.717, 1.165) is 38.4 Å². The molecular formula is C13H20O3. The Morgan fingerprint density at radius 1 is 1.62 bits per heavy atom. The largest absolute Gasteiger partial charge is 0.462 e. The van der Waals surface area contributed by atoms with E-state index in [1.165, 1.54) is 0 Å². The van der Waals surface area contributed by atoms with Crippen LogP contribution in [0, 0.1) is 17.3 Å². The Hall–Kier alpha value is -0.860. The predicted molar refractivity (Wildman–Crippen MR) is 59.8 cm³/mol. The molecule has 2 saturated carbocycles. The highest BCUT2D eigenvalue weighted by Gasteiger charge is 2.57. The van der Waals surface area contributed by atoms with Crippen LogP contribution in [-0.4, -0.2) is 18.4 Å². The van der Waals surface area contributed by atoms with E-state index < -0.39 is 5.41 Å². The van der Waals surface area contributed by atoms with Crippen molar-refractivity contribution >= 4 is 12.3 Å². The average Bonchev–Trinajstić information content (AvgIpc) is 2.86. The van der Waals surface area contributed by atoms with Gasteiger partial charge in [0.05, 0.1) is 11.5 Å². The van der Waals surface area contributed by atoms with Crippen LogP contribution in [-0.2, 0) is 14.3 Å². The fourth-order valence-electron chi connectivity index (χ4n) is 3.21. The summed E-state index contributed by atoms with van der Waals surface area (Å²) in [5.41, 5.74) is -0.462. The van der Waals surface area contributed by atoms with Gasteiger partial charge < -0.3 is 9.53 Å². The Bertz CT molecular complexity index is 300. The standard InChI is InChI=1S/C13H20O3/c1-3-9(2)16-12(15)13-5-4-10(7-13)6-11(13)8-14/h8-11H,3-7H2,1-2H3. The van der Waals surface area contributed by atoms with Gasteiger partial charge in [0.15, 0.2) is 0 Å². The summed E-state index contributed by atoms with van der Waals surface area (Å²) in [6.45, 7) is 3.91. The molecule has 0 aliphatic heterocycles. The highest BCUT2D eigenvalue weighted by molar-refractivity contribution is 5.82. The molecular weight excluding hydrogens is 204 g/mol. The van der Waals surface area contributed by atoms with Gasteiger partial charge in [-0.05, 0) is 44.9 Å². The molecule has 3 heteroatoms. The van der Waals surface area contributed by atoms with Gasteiger partial charge in [0.25, 0.3) is 0 Å². The van der Waals surface area contributed by atoms with Gasteiger partial charge in [-0.1, -0.05) is 6.92 Å². The van der Waals surface area contributed by atoms with Gasteiger partial charge in [0.1, 0.15) is 6.29 Å². The van der Waals surface area contributed by atoms with Crippen molar-refractivity contribution in [2.24, 2.45) is 17.3 Å². The zero-order chi connectivity index (χ0) is 11.8. The van der Waals surface area contributed by atoms with Crippen LogP contribution in [0.15, 0.2) is 0 Å². The fourth-order valence-corrected chi connectivity index (χ4v) is 3.21. The Labute approximate surface area is 96.5 Å². The second-order valence-corrected chi connectivity index (χ2v) is 5.37. The highest BCUT2D eigenvalue weighted by Crippen LogP contribution is 2.57. The van der Waals surface area contributed by atoms with E-state index in [9.17, 15) is 9.59 Å². The molecule has 4 unspecified atom stereocenters. The summed E-state index contributed by atoms with van der Waals surface area (Å²) in [5.74, 6) is 0.349. The third kappa shape index (κ3) is 1.66. The number of carbonyl (C=O) groups excluding carboxylic acids is 2. The Morgan fingerprint density at radius 2 is 2.38 bits per heavy atom. The molecule has 90 valence electrons. The lowest BCUT2D eigenvalue weighted by atomic mass is 9.75. The molecule has 0 amide bonds. The molecule has 0 radical (unpaired) electrons. The molecule has 2 fully saturated rings. The summed E-state index contributed by atoms with van der Waals surface area (Å²) in [7, 11) is 0. The summed E-state index contributed by atoms with van der Waals surface area (Å²) < 4.78 is 5.44. The van der Waals surface area contributed by atoms with E-state index >= 15 is 0 Å². The molecule has 0 aromatic heterocycles. The summed E-state index contributed by atoms with van der Waals surface area (Å²) >= 11 is 0. The van der Waals surface area contributed by atoms with Crippen LogP contribution in [0.3, 0.4) is 0 Å². The Balaban J connectivity index is 2.11. The Morgan fingerprint density at radius 3 is 2.94 bits per heavy atom. The number of esters is 1. The molecule has 2 aliphatic rings. The topological polar surface area (TPSA) is 43.4 Å². The molecule has 0 N–H and O–H groups in total. The van der Waals surface area contributed by atoms with Gasteiger partial charge in [-0.3, -0.25) is 4.79 Å². The smallest absolute Gasteiger partial charge is 0.313 e. The highest BCUT2D eigenvalue weighted by atomic mass is 16.5. The van der Waals surface area contributed by atoms with E-state index in [1.807, 2.05) is 13.8 Å². The number of fused-ring (bicyclic) bond motifs is 2. The first-order chi connectivity index (χ1) is 7.62. The number of hydrogen-bond acceptors (Lipinski definition) is 3. The van der Waals surface area contributed by atoms with Gasteiger partial charge in [-0.25, -0.2) is 0 Å². The number of hydrogen-bond donors (Lipinski definition) is 0. The van der Waals surface area contributed by atoms with Crippen LogP contribution >= 0.6 is 0 Å². The number of carbonyl (C=O) groups is 2. The maximum atomic E-state index is 12.2. The molecule has 16 heavy (non-hydrogen) atoms. The first kappa shape index (κ1) is 11.6. The van der Waals surface area contributed by atoms with E-state index in [2.05, 4.69) is 0 Å². The Kier molecular flexibility index (Phi) is 3.04. The third-order valence-electron chi connectivity index (χ3n) is 4.40. The lowest BCUT2D eigenvalue weighted by Crippen LogP contribution is -2.38. The first-order valence-electron chi connectivity index (χ1n) is 6.28. The molecule has 4 atom stereocenters. The summed E-state index contributed by atoms with van der Waals surface area (Å²) in [6, 6.07) is 0. The number of rotatable bonds is 4. The minimum absolute atomic E-state index is 0.0335. The monoisotopic (exact) mass is 224 g/mol. The van der Waals surface area contributed by atoms with Gasteiger partial charge in [0.2, 0.25) is 0 Å². The van der Waals surface area contributed by atoms with Crippen LogP contribution in [0.4, 0.5) is 0 Å². The molecule has 0 spiro atoms. The minimum atomic E-state index is -0.462. The van der Waals surface area contributed by atoms with E-state index in [1.54, 1.807) is 0 Å². The van der Waals surface area contributed by atoms with Crippen molar-refractivity contribution in [2.75, 3.05) is 0 Å². The van der Waals surface area contributed by atoms with Gasteiger partial charge >= 0.3 is 5.97 Å². The molecule has 0 aromatic rings. The normalized spacial score (nSPS) is 38.4. The van der Waals surface area contributed by atoms with Crippen molar-refractivity contribution in [2.45, 2.75) is 52.1 Å². The molecule has 2 aliphatic carbocycles. The summed E-state index contributed by atoms with van der Waals surface area (Å²) in [4.78, 5) is 23.2. The maximum Gasteiger partial charge on any atom is 0.313 e. The van der Waals surface area contributed by atoms with Crippen LogP contribution in [0.25, 0.3) is 0 Å². The lowest BCUT2D eigenvalue weighted by molar-refractivity contribution is -0.164. The van der Waals surface area contributed by atoms with Crippen molar-refractivity contribution in [3.8, 4) is 0 Å². The van der Waals surface area contributed by atoms with Crippen molar-refractivity contribution in [1.29, 1.82) is 0 Å². The minimum Gasteiger partial charge on any atom is -0.462 e. The van der Waals surface area contributed by atoms with Gasteiger partial charge in [0, 0.05) is 5.92 Å². The van der Waals surface area contributed by atoms with E-state index in [4.69, 9.17) is 4.74 Å². The van der Waals surface area contributed by atoms with E-state index in [-0.39, 0.29) is 18.0 Å². The van der Waals surface area contributed by atoms with Crippen LogP contribution in [0.1, 0.15) is 46.0 Å². The van der Waals surface area contributed by atoms with Crippen LogP contribution in [0.2, 0.25) is 0 Å². The number of ether oxygens (including phenoxy) is 1. The lowest BCUT2D eigenvalue weighted by Gasteiger charge is -2.30. The van der Waals surface area contributed by atoms with Crippen molar-refractivity contribution in [3.05, 3.63) is 0 Å². The van der Waals surface area contributed by atoms with Crippen molar-refractivity contribution in [3.63, 3.8) is 0 Å². The predicted octanol–water partition coefficient (Wildman–Crippen LogP) is 2.33. The summed E-state index contributed by atoms with van der Waals surface area (Å²) in [5, 5.41) is 0. The molecule has 0 saturated heterocycles. The fraction of sp³-hybridized carbons (Fsp3) is 0.846. The average molecular weight is 224 g/mol. The van der Waals surface area contributed by atoms with Gasteiger partial charge in [-0.2, -0.15) is 0 Å². The molecule has 3 nitrogen and oxygen atoms in total. The van der Waals surface area contributed by atoms with Crippen molar-refractivity contribution in [1.82, 2.24) is 0 Å². The first-order valence-corrected chi connectivity index (χ1v) is 6.28. The van der Waals surface area contributed by atoms with Crippen LogP contribution in [0.5, 0.6) is 0 Å². The zero-order valence-corrected chi connectivity index (χ0v) is 10.1. The molecule has 2 bridgehead atoms. The third-order valence-corrected chi connectivity index (χ3v) is 4.40. The second-order valence-electron chi connectivity index (χ2n) is 5.37. The maximum absolute atomic E-state index is 12.2. The quantitative estimate of drug-likeness (QED) is 0.543. The zero-order valence-electron chi connectivity index (χ0n) is 10.1. The molecule has 0 heterocycles.